The number of halogens is 1. The highest BCUT2D eigenvalue weighted by Gasteiger charge is 2.19. The van der Waals surface area contributed by atoms with Gasteiger partial charge >= 0.3 is 0 Å². The van der Waals surface area contributed by atoms with Crippen LogP contribution in [0, 0.1) is 6.92 Å². The van der Waals surface area contributed by atoms with Crippen molar-refractivity contribution in [3.8, 4) is 0 Å². The number of carbonyl (C=O) groups is 1. The van der Waals surface area contributed by atoms with Crippen molar-refractivity contribution in [2.24, 2.45) is 0 Å². The lowest BCUT2D eigenvalue weighted by atomic mass is 10.1. The molecule has 3 heteroatoms. The van der Waals surface area contributed by atoms with Crippen LogP contribution >= 0.6 is 11.6 Å². The highest BCUT2D eigenvalue weighted by molar-refractivity contribution is 6.35. The second kappa shape index (κ2) is 4.07. The van der Waals surface area contributed by atoms with Crippen molar-refractivity contribution in [3.63, 3.8) is 0 Å². The Hall–Kier alpha value is -1.28. The summed E-state index contributed by atoms with van der Waals surface area (Å²) < 4.78 is 5.22. The summed E-state index contributed by atoms with van der Waals surface area (Å²) in [6, 6.07) is 5.42. The zero-order valence-corrected chi connectivity index (χ0v) is 9.17. The normalized spacial score (nSPS) is 14.7. The summed E-state index contributed by atoms with van der Waals surface area (Å²) in [4.78, 5) is 11.9. The number of Topliss-reactive ketones (excluding diaryl/α,β-unsaturated/α-hetero) is 1. The molecule has 0 unspecified atom stereocenters. The number of aryl methyl sites for hydroxylation is 1. The molecule has 0 aliphatic carbocycles. The smallest absolute Gasteiger partial charge is 0.228 e. The summed E-state index contributed by atoms with van der Waals surface area (Å²) >= 11 is 6.06. The third-order valence-electron chi connectivity index (χ3n) is 2.37. The van der Waals surface area contributed by atoms with Gasteiger partial charge in [-0.15, -0.1) is 0 Å². The van der Waals surface area contributed by atoms with Crippen LogP contribution in [0.5, 0.6) is 0 Å². The van der Waals surface area contributed by atoms with Gasteiger partial charge in [0.15, 0.2) is 5.76 Å². The van der Waals surface area contributed by atoms with Crippen molar-refractivity contribution in [2.75, 3.05) is 6.61 Å². The van der Waals surface area contributed by atoms with Crippen LogP contribution in [0.2, 0.25) is 5.02 Å². The zero-order chi connectivity index (χ0) is 10.8. The maximum atomic E-state index is 11.9. The summed E-state index contributed by atoms with van der Waals surface area (Å²) in [6.07, 6.45) is 2.60. The zero-order valence-electron chi connectivity index (χ0n) is 8.42. The van der Waals surface area contributed by atoms with Crippen LogP contribution in [0.3, 0.4) is 0 Å². The lowest BCUT2D eigenvalue weighted by Crippen LogP contribution is -2.05. The molecule has 0 fully saturated rings. The molecule has 0 bridgehead atoms. The second-order valence-electron chi connectivity index (χ2n) is 3.47. The molecule has 0 aromatic heterocycles. The number of rotatable bonds is 2. The van der Waals surface area contributed by atoms with Crippen LogP contribution in [0.4, 0.5) is 0 Å². The van der Waals surface area contributed by atoms with E-state index < -0.39 is 0 Å². The summed E-state index contributed by atoms with van der Waals surface area (Å²) in [5.74, 6) is 0.295. The van der Waals surface area contributed by atoms with E-state index in [1.807, 2.05) is 19.1 Å². The first-order valence-electron chi connectivity index (χ1n) is 4.83. The molecule has 1 aliphatic rings. The van der Waals surface area contributed by atoms with Gasteiger partial charge in [0.1, 0.15) is 0 Å². The molecule has 1 aromatic carbocycles. The molecule has 2 rings (SSSR count). The van der Waals surface area contributed by atoms with E-state index in [1.54, 1.807) is 12.1 Å². The van der Waals surface area contributed by atoms with E-state index >= 15 is 0 Å². The molecule has 0 spiro atoms. The van der Waals surface area contributed by atoms with Gasteiger partial charge in [0.25, 0.3) is 0 Å². The van der Waals surface area contributed by atoms with Crippen LogP contribution in [0.1, 0.15) is 22.3 Å². The Morgan fingerprint density at radius 1 is 1.47 bits per heavy atom. The molecule has 15 heavy (non-hydrogen) atoms. The highest BCUT2D eigenvalue weighted by Crippen LogP contribution is 2.24. The fourth-order valence-electron chi connectivity index (χ4n) is 1.53. The van der Waals surface area contributed by atoms with Crippen molar-refractivity contribution < 1.29 is 9.53 Å². The van der Waals surface area contributed by atoms with Crippen LogP contribution in [-0.2, 0) is 4.74 Å². The monoisotopic (exact) mass is 222 g/mol. The van der Waals surface area contributed by atoms with E-state index in [-0.39, 0.29) is 5.78 Å². The van der Waals surface area contributed by atoms with E-state index in [2.05, 4.69) is 0 Å². The number of allylic oxidation sites excluding steroid dienone is 1. The first kappa shape index (κ1) is 10.2. The Labute approximate surface area is 93.5 Å². The minimum Gasteiger partial charge on any atom is -0.489 e. The SMILES string of the molecule is Cc1cccc(C(=O)C2=CCCO2)c1Cl. The molecule has 0 atom stereocenters. The van der Waals surface area contributed by atoms with Gasteiger partial charge in [-0.2, -0.15) is 0 Å². The molecular weight excluding hydrogens is 212 g/mol. The summed E-state index contributed by atoms with van der Waals surface area (Å²) in [5, 5.41) is 0.513. The van der Waals surface area contributed by atoms with Gasteiger partial charge in [-0.25, -0.2) is 0 Å². The third-order valence-corrected chi connectivity index (χ3v) is 2.87. The minimum absolute atomic E-state index is 0.124. The van der Waals surface area contributed by atoms with Crippen molar-refractivity contribution in [2.45, 2.75) is 13.3 Å². The van der Waals surface area contributed by atoms with E-state index in [1.165, 1.54) is 0 Å². The standard InChI is InChI=1S/C12H11ClO2/c1-8-4-2-5-9(11(8)13)12(14)10-6-3-7-15-10/h2,4-6H,3,7H2,1H3. The number of carbonyl (C=O) groups excluding carboxylic acids is 1. The topological polar surface area (TPSA) is 26.3 Å². The molecule has 0 N–H and O–H groups in total. The average Bonchev–Trinajstić information content (AvgIpc) is 2.74. The van der Waals surface area contributed by atoms with E-state index in [9.17, 15) is 4.79 Å². The third kappa shape index (κ3) is 1.90. The summed E-state index contributed by atoms with van der Waals surface area (Å²) in [6.45, 7) is 2.47. The number of benzene rings is 1. The molecule has 0 radical (unpaired) electrons. The largest absolute Gasteiger partial charge is 0.489 e. The molecule has 1 aromatic rings. The molecule has 2 nitrogen and oxygen atoms in total. The Morgan fingerprint density at radius 3 is 2.93 bits per heavy atom. The molecule has 1 aliphatic heterocycles. The van der Waals surface area contributed by atoms with E-state index in [0.29, 0.717) is 23.0 Å². The minimum atomic E-state index is -0.124. The number of hydrogen-bond donors (Lipinski definition) is 0. The van der Waals surface area contributed by atoms with Gasteiger partial charge in [0, 0.05) is 12.0 Å². The van der Waals surface area contributed by atoms with Gasteiger partial charge in [-0.05, 0) is 24.6 Å². The van der Waals surface area contributed by atoms with Gasteiger partial charge in [0.05, 0.1) is 11.6 Å². The molecule has 1 heterocycles. The highest BCUT2D eigenvalue weighted by atomic mass is 35.5. The van der Waals surface area contributed by atoms with Gasteiger partial charge in [0.2, 0.25) is 5.78 Å². The molecule has 78 valence electrons. The first-order valence-corrected chi connectivity index (χ1v) is 5.20. The van der Waals surface area contributed by atoms with Crippen molar-refractivity contribution in [3.05, 3.63) is 46.2 Å². The van der Waals surface area contributed by atoms with Crippen LogP contribution < -0.4 is 0 Å². The second-order valence-corrected chi connectivity index (χ2v) is 3.85. The maximum absolute atomic E-state index is 11.9. The Morgan fingerprint density at radius 2 is 2.27 bits per heavy atom. The number of ketones is 1. The van der Waals surface area contributed by atoms with Crippen molar-refractivity contribution >= 4 is 17.4 Å². The molecule has 0 saturated heterocycles. The Kier molecular flexibility index (Phi) is 2.78. The van der Waals surface area contributed by atoms with Gasteiger partial charge in [-0.3, -0.25) is 4.79 Å². The summed E-state index contributed by atoms with van der Waals surface area (Å²) in [7, 11) is 0. The average molecular weight is 223 g/mol. The molecule has 0 amide bonds. The Bertz CT molecular complexity index is 435. The predicted octanol–water partition coefficient (Wildman–Crippen LogP) is 3.14. The lowest BCUT2D eigenvalue weighted by Gasteiger charge is -2.06. The quantitative estimate of drug-likeness (QED) is 0.719. The maximum Gasteiger partial charge on any atom is 0.228 e. The van der Waals surface area contributed by atoms with E-state index in [0.717, 1.165) is 12.0 Å². The molecular formula is C12H11ClO2. The van der Waals surface area contributed by atoms with Crippen LogP contribution in [0.15, 0.2) is 30.0 Å². The Balaban J connectivity index is 2.37. The molecule has 0 saturated carbocycles. The van der Waals surface area contributed by atoms with Crippen LogP contribution in [-0.4, -0.2) is 12.4 Å². The fraction of sp³-hybridized carbons (Fsp3) is 0.250. The predicted molar refractivity (Wildman–Crippen MR) is 59.2 cm³/mol. The van der Waals surface area contributed by atoms with Gasteiger partial charge < -0.3 is 4.74 Å². The van der Waals surface area contributed by atoms with Crippen LogP contribution in [0.25, 0.3) is 0 Å². The summed E-state index contributed by atoms with van der Waals surface area (Å²) in [5.41, 5.74) is 1.42. The number of hydrogen-bond acceptors (Lipinski definition) is 2. The van der Waals surface area contributed by atoms with Crippen molar-refractivity contribution in [1.29, 1.82) is 0 Å². The van der Waals surface area contributed by atoms with Gasteiger partial charge in [-0.1, -0.05) is 23.7 Å². The van der Waals surface area contributed by atoms with Crippen molar-refractivity contribution in [1.82, 2.24) is 0 Å². The lowest BCUT2D eigenvalue weighted by molar-refractivity contribution is 0.0942. The fourth-order valence-corrected chi connectivity index (χ4v) is 1.74. The number of ether oxygens (including phenoxy) is 1. The first-order chi connectivity index (χ1) is 7.20. The van der Waals surface area contributed by atoms with E-state index in [4.69, 9.17) is 16.3 Å².